The van der Waals surface area contributed by atoms with Gasteiger partial charge in [-0.1, -0.05) is 0 Å². The van der Waals surface area contributed by atoms with E-state index < -0.39 is 0 Å². The molecule has 14 heavy (non-hydrogen) atoms. The van der Waals surface area contributed by atoms with Crippen LogP contribution in [0.4, 0.5) is 0 Å². The second kappa shape index (κ2) is 3.33. The molecule has 1 aliphatic carbocycles. The second-order valence-corrected chi connectivity index (χ2v) is 3.14. The largest absolute Gasteiger partial charge is 0.493 e. The molecule has 0 fully saturated rings. The van der Waals surface area contributed by atoms with Gasteiger partial charge in [-0.05, 0) is 24.1 Å². The molecule has 1 radical (unpaired) electrons. The first-order chi connectivity index (χ1) is 6.76. The molecule has 0 N–H and O–H groups in total. The van der Waals surface area contributed by atoms with Crippen LogP contribution in [-0.4, -0.2) is 20.0 Å². The molecule has 3 nitrogen and oxygen atoms in total. The van der Waals surface area contributed by atoms with E-state index in [1.807, 2.05) is 6.07 Å². The van der Waals surface area contributed by atoms with Gasteiger partial charge in [0.25, 0.3) is 0 Å². The lowest BCUT2D eigenvalue weighted by Crippen LogP contribution is -1.96. The van der Waals surface area contributed by atoms with Crippen molar-refractivity contribution in [1.82, 2.24) is 0 Å². The highest BCUT2D eigenvalue weighted by Gasteiger charge is 2.22. The van der Waals surface area contributed by atoms with E-state index in [1.54, 1.807) is 26.7 Å². The number of methoxy groups -OCH3 is 2. The lowest BCUT2D eigenvalue weighted by molar-refractivity contribution is 0.103. The van der Waals surface area contributed by atoms with Crippen LogP contribution in [0.3, 0.4) is 0 Å². The van der Waals surface area contributed by atoms with E-state index in [2.05, 4.69) is 0 Å². The van der Waals surface area contributed by atoms with Crippen LogP contribution in [0.5, 0.6) is 11.5 Å². The maximum absolute atomic E-state index is 11.4. The molecule has 2 rings (SSSR count). The molecule has 1 aromatic rings. The molecule has 0 saturated heterocycles. The molecule has 0 aliphatic heterocycles. The van der Waals surface area contributed by atoms with Gasteiger partial charge < -0.3 is 9.47 Å². The van der Waals surface area contributed by atoms with E-state index in [9.17, 15) is 4.79 Å². The van der Waals surface area contributed by atoms with Crippen molar-refractivity contribution in [1.29, 1.82) is 0 Å². The predicted molar refractivity (Wildman–Crippen MR) is 51.9 cm³/mol. The second-order valence-electron chi connectivity index (χ2n) is 3.14. The Morgan fingerprint density at radius 1 is 1.14 bits per heavy atom. The third-order valence-electron chi connectivity index (χ3n) is 2.38. The van der Waals surface area contributed by atoms with Gasteiger partial charge in [-0.25, -0.2) is 0 Å². The molecule has 0 spiro atoms. The summed E-state index contributed by atoms with van der Waals surface area (Å²) in [6.45, 7) is 0. The average Bonchev–Trinajstić information content (AvgIpc) is 2.58. The van der Waals surface area contributed by atoms with Gasteiger partial charge in [-0.15, -0.1) is 0 Å². The number of fused-ring (bicyclic) bond motifs is 1. The van der Waals surface area contributed by atoms with Crippen LogP contribution in [0, 0.1) is 6.42 Å². The zero-order valence-electron chi connectivity index (χ0n) is 8.16. The minimum Gasteiger partial charge on any atom is -0.493 e. The number of Topliss-reactive ketones (excluding diaryl/α,β-unsaturated/α-hetero) is 1. The van der Waals surface area contributed by atoms with Gasteiger partial charge in [0.15, 0.2) is 17.3 Å². The summed E-state index contributed by atoms with van der Waals surface area (Å²) in [4.78, 5) is 11.4. The Labute approximate surface area is 82.6 Å². The van der Waals surface area contributed by atoms with Gasteiger partial charge in [0.05, 0.1) is 14.2 Å². The zero-order chi connectivity index (χ0) is 10.1. The minimum atomic E-state index is 0.0703. The summed E-state index contributed by atoms with van der Waals surface area (Å²) in [6.07, 6.45) is 2.36. The Kier molecular flexibility index (Phi) is 2.15. The molecular weight excluding hydrogens is 180 g/mol. The summed E-state index contributed by atoms with van der Waals surface area (Å²) < 4.78 is 10.3. The predicted octanol–water partition coefficient (Wildman–Crippen LogP) is 1.65. The van der Waals surface area contributed by atoms with E-state index in [4.69, 9.17) is 9.47 Å². The molecule has 0 aromatic heterocycles. The third-order valence-corrected chi connectivity index (χ3v) is 2.38. The fraction of sp³-hybridized carbons (Fsp3) is 0.273. The Hall–Kier alpha value is -1.51. The van der Waals surface area contributed by atoms with Crippen LogP contribution >= 0.6 is 0 Å². The van der Waals surface area contributed by atoms with Crippen molar-refractivity contribution in [3.05, 3.63) is 29.7 Å². The SMILES string of the molecule is COc1cc2c(cc1OC)C(=O)[CH]C2. The molecular formula is C11H11O3. The monoisotopic (exact) mass is 191 g/mol. The van der Waals surface area contributed by atoms with Crippen molar-refractivity contribution in [2.75, 3.05) is 14.2 Å². The molecule has 0 heterocycles. The lowest BCUT2D eigenvalue weighted by Gasteiger charge is -2.09. The van der Waals surface area contributed by atoms with E-state index in [0.29, 0.717) is 17.9 Å². The highest BCUT2D eigenvalue weighted by atomic mass is 16.5. The third kappa shape index (κ3) is 1.25. The maximum atomic E-state index is 11.4. The zero-order valence-corrected chi connectivity index (χ0v) is 8.16. The van der Waals surface area contributed by atoms with Crippen molar-refractivity contribution < 1.29 is 14.3 Å². The van der Waals surface area contributed by atoms with Crippen molar-refractivity contribution in [2.24, 2.45) is 0 Å². The highest BCUT2D eigenvalue weighted by Crippen LogP contribution is 2.34. The van der Waals surface area contributed by atoms with Gasteiger partial charge in [-0.2, -0.15) is 0 Å². The summed E-state index contributed by atoms with van der Waals surface area (Å²) in [6, 6.07) is 3.59. The van der Waals surface area contributed by atoms with Crippen LogP contribution in [0.2, 0.25) is 0 Å². The van der Waals surface area contributed by atoms with E-state index >= 15 is 0 Å². The van der Waals surface area contributed by atoms with Crippen molar-refractivity contribution in [3.8, 4) is 11.5 Å². The van der Waals surface area contributed by atoms with Crippen LogP contribution < -0.4 is 9.47 Å². The van der Waals surface area contributed by atoms with Crippen molar-refractivity contribution in [2.45, 2.75) is 6.42 Å². The number of carbonyl (C=O) groups excluding carboxylic acids is 1. The van der Waals surface area contributed by atoms with Gasteiger partial charge in [0.1, 0.15) is 0 Å². The number of hydrogen-bond donors (Lipinski definition) is 0. The number of carbonyl (C=O) groups is 1. The summed E-state index contributed by atoms with van der Waals surface area (Å²) in [5.74, 6) is 1.35. The molecule has 1 aliphatic rings. The van der Waals surface area contributed by atoms with E-state index in [-0.39, 0.29) is 5.78 Å². The summed E-state index contributed by atoms with van der Waals surface area (Å²) in [5.41, 5.74) is 1.73. The number of benzene rings is 1. The number of ketones is 1. The topological polar surface area (TPSA) is 35.5 Å². The Bertz CT molecular complexity index is 382. The fourth-order valence-electron chi connectivity index (χ4n) is 1.63. The van der Waals surface area contributed by atoms with Crippen molar-refractivity contribution >= 4 is 5.78 Å². The summed E-state index contributed by atoms with van der Waals surface area (Å²) in [5, 5.41) is 0. The molecule has 0 bridgehead atoms. The fourth-order valence-corrected chi connectivity index (χ4v) is 1.63. The molecule has 3 heteroatoms. The first kappa shape index (κ1) is 9.06. The lowest BCUT2D eigenvalue weighted by atomic mass is 10.1. The van der Waals surface area contributed by atoms with Gasteiger partial charge >= 0.3 is 0 Å². The Balaban J connectivity index is 2.54. The Morgan fingerprint density at radius 2 is 1.79 bits per heavy atom. The highest BCUT2D eigenvalue weighted by molar-refractivity contribution is 6.07. The first-order valence-electron chi connectivity index (χ1n) is 4.38. The first-order valence-corrected chi connectivity index (χ1v) is 4.38. The molecule has 0 atom stereocenters. The van der Waals surface area contributed by atoms with Crippen LogP contribution in [0.25, 0.3) is 0 Å². The summed E-state index contributed by atoms with van der Waals surface area (Å²) in [7, 11) is 3.15. The van der Waals surface area contributed by atoms with Crippen LogP contribution in [0.1, 0.15) is 15.9 Å². The van der Waals surface area contributed by atoms with Gasteiger partial charge in [0, 0.05) is 12.0 Å². The molecule has 73 valence electrons. The minimum absolute atomic E-state index is 0.0703. The van der Waals surface area contributed by atoms with Gasteiger partial charge in [-0.3, -0.25) is 4.79 Å². The normalized spacial score (nSPS) is 14.0. The molecule has 1 aromatic carbocycles. The smallest absolute Gasteiger partial charge is 0.167 e. The quantitative estimate of drug-likeness (QED) is 0.713. The number of ether oxygens (including phenoxy) is 2. The average molecular weight is 191 g/mol. The van der Waals surface area contributed by atoms with Crippen LogP contribution in [0.15, 0.2) is 12.1 Å². The summed E-state index contributed by atoms with van der Waals surface area (Å²) >= 11 is 0. The molecule has 0 saturated carbocycles. The number of rotatable bonds is 2. The standard InChI is InChI=1S/C11H11O3/c1-13-10-5-7-3-4-9(12)8(7)6-11(10)14-2/h4-6H,3H2,1-2H3. The number of hydrogen-bond acceptors (Lipinski definition) is 3. The van der Waals surface area contributed by atoms with Crippen molar-refractivity contribution in [3.63, 3.8) is 0 Å². The van der Waals surface area contributed by atoms with Crippen LogP contribution in [-0.2, 0) is 6.42 Å². The Morgan fingerprint density at radius 3 is 2.43 bits per heavy atom. The molecule has 0 amide bonds. The molecule has 0 unspecified atom stereocenters. The van der Waals surface area contributed by atoms with Gasteiger partial charge in [0.2, 0.25) is 0 Å². The van der Waals surface area contributed by atoms with E-state index in [0.717, 1.165) is 11.1 Å². The van der Waals surface area contributed by atoms with E-state index in [1.165, 1.54) is 0 Å². The maximum Gasteiger partial charge on any atom is 0.167 e.